The van der Waals surface area contributed by atoms with Gasteiger partial charge in [0.1, 0.15) is 0 Å². The molecule has 1 aliphatic heterocycles. The average molecular weight is 502 g/mol. The fraction of sp³-hybridized carbons (Fsp3) is 0.280. The van der Waals surface area contributed by atoms with Gasteiger partial charge in [-0.1, -0.05) is 25.1 Å². The molecular formula is C25H22F3N3O3S. The van der Waals surface area contributed by atoms with E-state index in [9.17, 15) is 22.8 Å². The number of alkyl halides is 3. The lowest BCUT2D eigenvalue weighted by atomic mass is 9.92. The smallest absolute Gasteiger partial charge is 0.416 e. The lowest BCUT2D eigenvalue weighted by molar-refractivity contribution is -0.140. The Balaban J connectivity index is 2.31. The number of esters is 1. The van der Waals surface area contributed by atoms with Crippen LogP contribution in [0.1, 0.15) is 49.9 Å². The maximum absolute atomic E-state index is 13.4. The summed E-state index contributed by atoms with van der Waals surface area (Å²) in [4.78, 5) is 28.8. The van der Waals surface area contributed by atoms with Crippen LogP contribution in [0, 0.1) is 11.3 Å². The summed E-state index contributed by atoms with van der Waals surface area (Å²) < 4.78 is 45.5. The van der Waals surface area contributed by atoms with Gasteiger partial charge in [-0.15, -0.1) is 0 Å². The van der Waals surface area contributed by atoms with Gasteiger partial charge in [-0.25, -0.2) is 4.79 Å². The normalized spacial score (nSPS) is 16.3. The lowest BCUT2D eigenvalue weighted by Crippen LogP contribution is -2.53. The molecule has 6 nitrogen and oxygen atoms in total. The molecule has 0 saturated heterocycles. The van der Waals surface area contributed by atoms with Gasteiger partial charge in [0.05, 0.1) is 35.4 Å². The van der Waals surface area contributed by atoms with Crippen molar-refractivity contribution in [3.8, 4) is 6.07 Å². The van der Waals surface area contributed by atoms with Gasteiger partial charge in [-0.2, -0.15) is 18.4 Å². The van der Waals surface area contributed by atoms with Gasteiger partial charge in [0, 0.05) is 17.8 Å². The molecule has 35 heavy (non-hydrogen) atoms. The number of hydrogen-bond donors (Lipinski definition) is 0. The molecule has 1 heterocycles. The Labute approximate surface area is 206 Å². The average Bonchev–Trinajstić information content (AvgIpc) is 2.83. The molecule has 1 aliphatic rings. The van der Waals surface area contributed by atoms with Crippen molar-refractivity contribution >= 4 is 34.9 Å². The topological polar surface area (TPSA) is 73.6 Å². The Morgan fingerprint density at radius 2 is 1.80 bits per heavy atom. The van der Waals surface area contributed by atoms with Crippen molar-refractivity contribution < 1.29 is 27.5 Å². The van der Waals surface area contributed by atoms with Gasteiger partial charge in [-0.05, 0) is 62.0 Å². The largest absolute Gasteiger partial charge is 0.463 e. The van der Waals surface area contributed by atoms with Crippen LogP contribution in [0.15, 0.2) is 59.8 Å². The van der Waals surface area contributed by atoms with Crippen LogP contribution in [0.5, 0.6) is 0 Å². The van der Waals surface area contributed by atoms with E-state index in [1.165, 1.54) is 21.9 Å². The second kappa shape index (κ2) is 10.3. The molecule has 0 radical (unpaired) electrons. The number of amides is 1. The zero-order valence-electron chi connectivity index (χ0n) is 19.2. The van der Waals surface area contributed by atoms with Gasteiger partial charge in [0.2, 0.25) is 5.91 Å². The third kappa shape index (κ3) is 5.05. The van der Waals surface area contributed by atoms with Crippen LogP contribution in [0.2, 0.25) is 0 Å². The Kier molecular flexibility index (Phi) is 7.60. The molecule has 1 unspecified atom stereocenters. The van der Waals surface area contributed by atoms with Gasteiger partial charge in [0.15, 0.2) is 5.11 Å². The van der Waals surface area contributed by atoms with E-state index in [2.05, 4.69) is 0 Å². The fourth-order valence-electron chi connectivity index (χ4n) is 3.88. The van der Waals surface area contributed by atoms with Gasteiger partial charge in [0.25, 0.3) is 0 Å². The predicted octanol–water partition coefficient (Wildman–Crippen LogP) is 5.50. The number of nitriles is 1. The van der Waals surface area contributed by atoms with Gasteiger partial charge in [-0.3, -0.25) is 14.6 Å². The van der Waals surface area contributed by atoms with E-state index >= 15 is 0 Å². The van der Waals surface area contributed by atoms with Crippen molar-refractivity contribution in [3.63, 3.8) is 0 Å². The first-order valence-electron chi connectivity index (χ1n) is 10.8. The zero-order chi connectivity index (χ0) is 25.9. The third-order valence-electron chi connectivity index (χ3n) is 5.51. The molecule has 0 spiro atoms. The number of ether oxygens (including phenoxy) is 1. The number of allylic oxidation sites excluding steroid dienone is 1. The summed E-state index contributed by atoms with van der Waals surface area (Å²) in [5.74, 6) is -1.16. The van der Waals surface area contributed by atoms with E-state index in [0.29, 0.717) is 11.1 Å². The molecule has 0 aliphatic carbocycles. The second-order valence-corrected chi connectivity index (χ2v) is 8.00. The number of carbonyl (C=O) groups excluding carboxylic acids is 2. The summed E-state index contributed by atoms with van der Waals surface area (Å²) in [6, 6.07) is 11.8. The van der Waals surface area contributed by atoms with Crippen molar-refractivity contribution in [2.75, 3.05) is 11.5 Å². The summed E-state index contributed by atoms with van der Waals surface area (Å²) in [5, 5.41) is 9.07. The van der Waals surface area contributed by atoms with Crippen LogP contribution < -0.4 is 4.90 Å². The molecule has 0 saturated carbocycles. The van der Waals surface area contributed by atoms with E-state index in [4.69, 9.17) is 22.2 Å². The summed E-state index contributed by atoms with van der Waals surface area (Å²) in [6.45, 7) is 4.83. The van der Waals surface area contributed by atoms with Crippen LogP contribution >= 0.6 is 12.2 Å². The van der Waals surface area contributed by atoms with E-state index in [-0.39, 0.29) is 35.1 Å². The first-order valence-corrected chi connectivity index (χ1v) is 11.2. The second-order valence-electron chi connectivity index (χ2n) is 7.64. The van der Waals surface area contributed by atoms with Gasteiger partial charge >= 0.3 is 12.1 Å². The van der Waals surface area contributed by atoms with E-state index in [1.807, 2.05) is 6.07 Å². The number of nitrogens with zero attached hydrogens (tertiary/aromatic N) is 3. The molecule has 10 heteroatoms. The number of rotatable bonds is 5. The van der Waals surface area contributed by atoms with E-state index in [0.717, 1.165) is 12.1 Å². The highest BCUT2D eigenvalue weighted by molar-refractivity contribution is 7.80. The number of benzene rings is 2. The molecule has 1 atom stereocenters. The minimum Gasteiger partial charge on any atom is -0.463 e. The Hall–Kier alpha value is -3.71. The Bertz CT molecular complexity index is 1230. The number of hydrogen-bond acceptors (Lipinski definition) is 5. The van der Waals surface area contributed by atoms with Crippen LogP contribution in [0.25, 0.3) is 0 Å². The summed E-state index contributed by atoms with van der Waals surface area (Å²) in [7, 11) is 0. The highest BCUT2D eigenvalue weighted by Crippen LogP contribution is 2.41. The molecule has 182 valence electrons. The summed E-state index contributed by atoms with van der Waals surface area (Å²) in [5.41, 5.74) is 0.331. The van der Waals surface area contributed by atoms with Gasteiger partial charge < -0.3 is 4.74 Å². The summed E-state index contributed by atoms with van der Waals surface area (Å²) in [6.07, 6.45) is -4.57. The highest BCUT2D eigenvalue weighted by atomic mass is 32.1. The van der Waals surface area contributed by atoms with E-state index < -0.39 is 29.7 Å². The van der Waals surface area contributed by atoms with Crippen molar-refractivity contribution in [1.82, 2.24) is 4.90 Å². The minimum absolute atomic E-state index is 0.0263. The SMILES string of the molecule is CCOC(=O)C1=C(C)N(c2cccc(C(F)(F)F)c2)C(=S)N(C(=O)CC)C1c1ccc(C#N)cc1. The van der Waals surface area contributed by atoms with Crippen LogP contribution in [0.3, 0.4) is 0 Å². The zero-order valence-corrected chi connectivity index (χ0v) is 20.0. The first kappa shape index (κ1) is 25.9. The van der Waals surface area contributed by atoms with Crippen LogP contribution in [0.4, 0.5) is 18.9 Å². The van der Waals surface area contributed by atoms with Crippen molar-refractivity contribution in [2.45, 2.75) is 39.4 Å². The molecule has 0 N–H and O–H groups in total. The number of carbonyl (C=O) groups is 2. The Morgan fingerprint density at radius 1 is 1.14 bits per heavy atom. The molecule has 0 fully saturated rings. The monoisotopic (exact) mass is 501 g/mol. The van der Waals surface area contributed by atoms with Crippen LogP contribution in [-0.2, 0) is 20.5 Å². The maximum Gasteiger partial charge on any atom is 0.416 e. The molecule has 0 aromatic heterocycles. The third-order valence-corrected chi connectivity index (χ3v) is 5.89. The van der Waals surface area contributed by atoms with Crippen molar-refractivity contribution in [3.05, 3.63) is 76.5 Å². The molecule has 1 amide bonds. The number of anilines is 1. The Morgan fingerprint density at radius 3 is 2.34 bits per heavy atom. The van der Waals surface area contributed by atoms with E-state index in [1.54, 1.807) is 45.0 Å². The van der Waals surface area contributed by atoms with Crippen molar-refractivity contribution in [1.29, 1.82) is 5.26 Å². The minimum atomic E-state index is -4.60. The predicted molar refractivity (Wildman–Crippen MR) is 127 cm³/mol. The molecule has 0 bridgehead atoms. The van der Waals surface area contributed by atoms with Crippen LogP contribution in [-0.4, -0.2) is 28.5 Å². The van der Waals surface area contributed by atoms with Crippen molar-refractivity contribution in [2.24, 2.45) is 0 Å². The lowest BCUT2D eigenvalue weighted by Gasteiger charge is -2.44. The quantitative estimate of drug-likeness (QED) is 0.398. The fourth-order valence-corrected chi connectivity index (χ4v) is 4.33. The molecule has 2 aromatic carbocycles. The molecule has 3 rings (SSSR count). The molecule has 2 aromatic rings. The number of halogens is 3. The molecular weight excluding hydrogens is 479 g/mol. The number of thiocarbonyl (C=S) groups is 1. The first-order chi connectivity index (χ1) is 16.5. The summed E-state index contributed by atoms with van der Waals surface area (Å²) >= 11 is 5.63. The highest BCUT2D eigenvalue weighted by Gasteiger charge is 2.43. The standard InChI is InChI=1S/C25H22F3N3O3S/c1-4-20(32)31-22(17-11-9-16(14-29)10-12-17)21(23(33)34-5-2)15(3)30(24(31)35)19-8-6-7-18(13-19)25(26,27)28/h6-13,22H,4-5H2,1-3H3. The maximum atomic E-state index is 13.4.